The number of hydrogen-bond donors (Lipinski definition) is 1. The van der Waals surface area contributed by atoms with E-state index in [0.29, 0.717) is 43.1 Å². The number of sulfonamides is 1. The van der Waals surface area contributed by atoms with Crippen LogP contribution in [0.5, 0.6) is 11.5 Å². The van der Waals surface area contributed by atoms with Crippen LogP contribution in [0, 0.1) is 0 Å². The number of hydrogen-bond acceptors (Lipinski definition) is 6. The Bertz CT molecular complexity index is 1160. The van der Waals surface area contributed by atoms with Gasteiger partial charge in [-0.05, 0) is 37.0 Å². The smallest absolute Gasteiger partial charge is 0.242 e. The number of amides is 2. The van der Waals surface area contributed by atoms with Crippen molar-refractivity contribution in [3.05, 3.63) is 54.1 Å². The summed E-state index contributed by atoms with van der Waals surface area (Å²) in [6, 6.07) is 13.9. The molecule has 0 spiro atoms. The van der Waals surface area contributed by atoms with Gasteiger partial charge in [0.05, 0.1) is 11.9 Å². The van der Waals surface area contributed by atoms with Crippen molar-refractivity contribution >= 4 is 27.5 Å². The molecule has 37 heavy (non-hydrogen) atoms. The molecule has 0 aromatic heterocycles. The number of rotatable bonds is 14. The first-order chi connectivity index (χ1) is 17.7. The molecule has 1 aliphatic heterocycles. The van der Waals surface area contributed by atoms with E-state index in [0.717, 1.165) is 24.7 Å². The number of carbonyl (C=O) groups excluding carboxylic acids is 2. The summed E-state index contributed by atoms with van der Waals surface area (Å²) in [5, 5.41) is 2.95. The van der Waals surface area contributed by atoms with E-state index < -0.39 is 16.1 Å². The average Bonchev–Trinajstić information content (AvgIpc) is 3.34. The standard InChI is InChI=1S/C27H37N3O6S/c1-4-6-16-28-27(32)23(5-2)29(19-21-11-8-7-9-12-21)26(31)13-10-17-30(37(3,33)34)22-14-15-24-25(18-22)36-20-35-24/h7-9,11-12,14-15,18,23H,4-6,10,13,16-17,19-20H2,1-3H3,(H,28,32)/t23-/m0/s1. The number of unbranched alkanes of at least 4 members (excludes halogenated alkanes) is 1. The van der Waals surface area contributed by atoms with E-state index in [4.69, 9.17) is 9.47 Å². The third kappa shape index (κ3) is 7.85. The van der Waals surface area contributed by atoms with E-state index in [-0.39, 0.29) is 31.6 Å². The van der Waals surface area contributed by atoms with Crippen LogP contribution in [0.3, 0.4) is 0 Å². The van der Waals surface area contributed by atoms with Crippen LogP contribution >= 0.6 is 0 Å². The maximum absolute atomic E-state index is 13.4. The van der Waals surface area contributed by atoms with E-state index in [1.807, 2.05) is 37.3 Å². The number of carbonyl (C=O) groups is 2. The van der Waals surface area contributed by atoms with Crippen LogP contribution in [0.1, 0.15) is 51.5 Å². The summed E-state index contributed by atoms with van der Waals surface area (Å²) in [5.74, 6) is 0.682. The Morgan fingerprint density at radius 1 is 1.03 bits per heavy atom. The molecule has 1 atom stereocenters. The predicted octanol–water partition coefficient (Wildman–Crippen LogP) is 3.69. The fourth-order valence-electron chi connectivity index (χ4n) is 4.25. The van der Waals surface area contributed by atoms with Crippen molar-refractivity contribution in [2.45, 2.75) is 58.5 Å². The minimum absolute atomic E-state index is 0.0913. The summed E-state index contributed by atoms with van der Waals surface area (Å²) >= 11 is 0. The number of nitrogens with zero attached hydrogens (tertiary/aromatic N) is 2. The number of ether oxygens (including phenoxy) is 2. The van der Waals surface area contributed by atoms with Crippen LogP contribution in [-0.2, 0) is 26.2 Å². The Morgan fingerprint density at radius 2 is 1.76 bits per heavy atom. The van der Waals surface area contributed by atoms with Crippen molar-refractivity contribution < 1.29 is 27.5 Å². The van der Waals surface area contributed by atoms with Crippen LogP contribution in [0.15, 0.2) is 48.5 Å². The van der Waals surface area contributed by atoms with Crippen LogP contribution in [-0.4, -0.2) is 57.3 Å². The molecule has 2 aromatic rings. The van der Waals surface area contributed by atoms with E-state index >= 15 is 0 Å². The molecule has 3 rings (SSSR count). The van der Waals surface area contributed by atoms with Crippen molar-refractivity contribution in [2.24, 2.45) is 0 Å². The van der Waals surface area contributed by atoms with Crippen molar-refractivity contribution in [2.75, 3.05) is 30.4 Å². The molecule has 2 aromatic carbocycles. The zero-order valence-electron chi connectivity index (χ0n) is 21.8. The summed E-state index contributed by atoms with van der Waals surface area (Å²) in [5.41, 5.74) is 1.37. The minimum atomic E-state index is -3.60. The number of anilines is 1. The monoisotopic (exact) mass is 531 g/mol. The number of benzene rings is 2. The first-order valence-electron chi connectivity index (χ1n) is 12.7. The lowest BCUT2D eigenvalue weighted by Crippen LogP contribution is -2.49. The Morgan fingerprint density at radius 3 is 2.43 bits per heavy atom. The first-order valence-corrected chi connectivity index (χ1v) is 14.6. The lowest BCUT2D eigenvalue weighted by Gasteiger charge is -2.31. The highest BCUT2D eigenvalue weighted by molar-refractivity contribution is 7.92. The molecule has 1 aliphatic rings. The molecule has 0 saturated carbocycles. The van der Waals surface area contributed by atoms with Gasteiger partial charge in [0, 0.05) is 32.1 Å². The third-order valence-electron chi connectivity index (χ3n) is 6.21. The lowest BCUT2D eigenvalue weighted by molar-refractivity contribution is -0.141. The van der Waals surface area contributed by atoms with Gasteiger partial charge in [-0.2, -0.15) is 0 Å². The zero-order chi connectivity index (χ0) is 26.8. The second kappa shape index (κ2) is 13.3. The molecule has 2 amide bonds. The van der Waals surface area contributed by atoms with Crippen molar-refractivity contribution in [1.29, 1.82) is 0 Å². The lowest BCUT2D eigenvalue weighted by atomic mass is 10.1. The molecule has 0 saturated heterocycles. The van der Waals surface area contributed by atoms with Crippen LogP contribution in [0.4, 0.5) is 5.69 Å². The fourth-order valence-corrected chi connectivity index (χ4v) is 5.21. The van der Waals surface area contributed by atoms with Gasteiger partial charge in [-0.1, -0.05) is 50.6 Å². The highest BCUT2D eigenvalue weighted by Gasteiger charge is 2.29. The van der Waals surface area contributed by atoms with E-state index in [9.17, 15) is 18.0 Å². The van der Waals surface area contributed by atoms with Crippen LogP contribution in [0.25, 0.3) is 0 Å². The SMILES string of the molecule is CCCCNC(=O)[C@H](CC)N(Cc1ccccc1)C(=O)CCCN(c1ccc2c(c1)OCO2)S(C)(=O)=O. The molecule has 0 unspecified atom stereocenters. The minimum Gasteiger partial charge on any atom is -0.454 e. The highest BCUT2D eigenvalue weighted by atomic mass is 32.2. The van der Waals surface area contributed by atoms with E-state index in [1.165, 1.54) is 4.31 Å². The second-order valence-corrected chi connectivity index (χ2v) is 11.0. The summed E-state index contributed by atoms with van der Waals surface area (Å²) in [6.45, 7) is 5.02. The van der Waals surface area contributed by atoms with Crippen molar-refractivity contribution in [3.8, 4) is 11.5 Å². The van der Waals surface area contributed by atoms with Gasteiger partial charge in [-0.25, -0.2) is 8.42 Å². The summed E-state index contributed by atoms with van der Waals surface area (Å²) in [4.78, 5) is 28.0. The first kappa shape index (κ1) is 28.3. The number of fused-ring (bicyclic) bond motifs is 1. The second-order valence-electron chi connectivity index (χ2n) is 9.05. The van der Waals surface area contributed by atoms with Crippen molar-refractivity contribution in [3.63, 3.8) is 0 Å². The molecule has 0 bridgehead atoms. The van der Waals surface area contributed by atoms with Gasteiger partial charge in [0.15, 0.2) is 11.5 Å². The van der Waals surface area contributed by atoms with Gasteiger partial charge in [0.25, 0.3) is 0 Å². The van der Waals surface area contributed by atoms with Gasteiger partial charge in [-0.15, -0.1) is 0 Å². The largest absolute Gasteiger partial charge is 0.454 e. The molecule has 0 fully saturated rings. The quantitative estimate of drug-likeness (QED) is 0.373. The van der Waals surface area contributed by atoms with Crippen LogP contribution < -0.4 is 19.1 Å². The summed E-state index contributed by atoms with van der Waals surface area (Å²) < 4.78 is 37.1. The van der Waals surface area contributed by atoms with E-state index in [1.54, 1.807) is 23.1 Å². The Hall–Kier alpha value is -3.27. The summed E-state index contributed by atoms with van der Waals surface area (Å²) in [7, 11) is -3.60. The fraction of sp³-hybridized carbons (Fsp3) is 0.481. The molecular weight excluding hydrogens is 494 g/mol. The van der Waals surface area contributed by atoms with Gasteiger partial charge in [-0.3, -0.25) is 13.9 Å². The summed E-state index contributed by atoms with van der Waals surface area (Å²) in [6.07, 6.45) is 3.83. The highest BCUT2D eigenvalue weighted by Crippen LogP contribution is 2.36. The third-order valence-corrected chi connectivity index (χ3v) is 7.40. The van der Waals surface area contributed by atoms with Gasteiger partial charge < -0.3 is 19.7 Å². The van der Waals surface area contributed by atoms with Crippen LogP contribution in [0.2, 0.25) is 0 Å². The molecule has 10 heteroatoms. The molecule has 0 radical (unpaired) electrons. The average molecular weight is 532 g/mol. The molecule has 202 valence electrons. The Balaban J connectivity index is 1.72. The van der Waals surface area contributed by atoms with E-state index in [2.05, 4.69) is 12.2 Å². The zero-order valence-corrected chi connectivity index (χ0v) is 22.6. The molecule has 1 N–H and O–H groups in total. The maximum atomic E-state index is 13.4. The normalized spacial score (nSPS) is 13.2. The molecule has 9 nitrogen and oxygen atoms in total. The van der Waals surface area contributed by atoms with Gasteiger partial charge in [0.2, 0.25) is 28.6 Å². The van der Waals surface area contributed by atoms with Gasteiger partial charge in [0.1, 0.15) is 6.04 Å². The molecular formula is C27H37N3O6S. The predicted molar refractivity (Wildman–Crippen MR) is 143 cm³/mol. The Labute approximate surface area is 219 Å². The topological polar surface area (TPSA) is 105 Å². The number of nitrogens with one attached hydrogen (secondary N) is 1. The molecule has 1 heterocycles. The maximum Gasteiger partial charge on any atom is 0.242 e. The van der Waals surface area contributed by atoms with Gasteiger partial charge >= 0.3 is 0 Å². The van der Waals surface area contributed by atoms with Crippen molar-refractivity contribution in [1.82, 2.24) is 10.2 Å². The Kier molecular flexibility index (Phi) is 10.2. The molecule has 0 aliphatic carbocycles.